The summed E-state index contributed by atoms with van der Waals surface area (Å²) in [4.78, 5) is 6.42. The molecule has 1 aromatic heterocycles. The van der Waals surface area contributed by atoms with Crippen LogP contribution in [0.2, 0.25) is 0 Å². The molecule has 0 radical (unpaired) electrons. The van der Waals surface area contributed by atoms with Crippen molar-refractivity contribution in [1.82, 2.24) is 9.88 Å². The molecule has 1 aromatic rings. The third-order valence-electron chi connectivity index (χ3n) is 3.59. The molecule has 1 saturated heterocycles. The Morgan fingerprint density at radius 2 is 2.32 bits per heavy atom. The van der Waals surface area contributed by atoms with Gasteiger partial charge in [0, 0.05) is 25.2 Å². The van der Waals surface area contributed by atoms with Gasteiger partial charge in [-0.25, -0.2) is 4.39 Å². The smallest absolute Gasteiger partial charge is 0.141 e. The third kappa shape index (κ3) is 3.96. The molecule has 4 nitrogen and oxygen atoms in total. The normalized spacial score (nSPS) is 26.3. The Morgan fingerprint density at radius 3 is 3.00 bits per heavy atom. The van der Waals surface area contributed by atoms with Gasteiger partial charge in [0.15, 0.2) is 0 Å². The van der Waals surface area contributed by atoms with Crippen LogP contribution in [0.1, 0.15) is 32.0 Å². The van der Waals surface area contributed by atoms with Crippen molar-refractivity contribution in [1.29, 1.82) is 0 Å². The molecule has 3 atom stereocenters. The Labute approximate surface area is 113 Å². The standard InChI is InChI=1S/C14H22FN3O/c1-10-9-19-11(2)8-18(10)6-5-13(16)14-4-3-12(15)7-17-14/h3-4,7,10-11,13H,5-6,8-9,16H2,1-2H3. The van der Waals surface area contributed by atoms with Gasteiger partial charge in [0.1, 0.15) is 5.82 Å². The minimum Gasteiger partial charge on any atom is -0.376 e. The van der Waals surface area contributed by atoms with Crippen LogP contribution in [0.3, 0.4) is 0 Å². The quantitative estimate of drug-likeness (QED) is 0.902. The maximum atomic E-state index is 12.8. The fourth-order valence-corrected chi connectivity index (χ4v) is 2.34. The van der Waals surface area contributed by atoms with Crippen LogP contribution < -0.4 is 5.73 Å². The molecule has 0 saturated carbocycles. The van der Waals surface area contributed by atoms with E-state index < -0.39 is 0 Å². The van der Waals surface area contributed by atoms with Gasteiger partial charge in [0.2, 0.25) is 0 Å². The van der Waals surface area contributed by atoms with Gasteiger partial charge in [0.05, 0.1) is 24.6 Å². The first-order valence-electron chi connectivity index (χ1n) is 6.79. The van der Waals surface area contributed by atoms with Crippen LogP contribution in [0.4, 0.5) is 4.39 Å². The molecular formula is C14H22FN3O. The van der Waals surface area contributed by atoms with Gasteiger partial charge >= 0.3 is 0 Å². The predicted octanol–water partition coefficient (Wildman–Crippen LogP) is 1.72. The van der Waals surface area contributed by atoms with Gasteiger partial charge in [0.25, 0.3) is 0 Å². The van der Waals surface area contributed by atoms with E-state index in [1.807, 2.05) is 0 Å². The number of nitrogens with two attached hydrogens (primary N) is 1. The van der Waals surface area contributed by atoms with E-state index in [9.17, 15) is 4.39 Å². The molecule has 1 aliphatic rings. The number of pyridine rings is 1. The second kappa shape index (κ2) is 6.41. The number of ether oxygens (including phenoxy) is 1. The lowest BCUT2D eigenvalue weighted by Crippen LogP contribution is -2.47. The number of hydrogen-bond acceptors (Lipinski definition) is 4. The molecule has 1 fully saturated rings. The van der Waals surface area contributed by atoms with Crippen molar-refractivity contribution in [2.24, 2.45) is 5.73 Å². The van der Waals surface area contributed by atoms with Crippen molar-refractivity contribution in [2.45, 2.75) is 38.5 Å². The lowest BCUT2D eigenvalue weighted by Gasteiger charge is -2.37. The van der Waals surface area contributed by atoms with Crippen LogP contribution in [0.15, 0.2) is 18.3 Å². The molecule has 0 aliphatic carbocycles. The van der Waals surface area contributed by atoms with E-state index in [0.717, 1.165) is 31.8 Å². The van der Waals surface area contributed by atoms with E-state index in [4.69, 9.17) is 10.5 Å². The molecule has 2 heterocycles. The molecular weight excluding hydrogens is 245 g/mol. The van der Waals surface area contributed by atoms with E-state index in [1.165, 1.54) is 12.3 Å². The fraction of sp³-hybridized carbons (Fsp3) is 0.643. The highest BCUT2D eigenvalue weighted by Gasteiger charge is 2.23. The van der Waals surface area contributed by atoms with Gasteiger partial charge in [-0.3, -0.25) is 9.88 Å². The van der Waals surface area contributed by atoms with Gasteiger partial charge in [-0.1, -0.05) is 0 Å². The average molecular weight is 267 g/mol. The second-order valence-corrected chi connectivity index (χ2v) is 5.28. The Balaban J connectivity index is 1.85. The van der Waals surface area contributed by atoms with Crippen LogP contribution in [-0.4, -0.2) is 41.7 Å². The zero-order valence-corrected chi connectivity index (χ0v) is 11.6. The lowest BCUT2D eigenvalue weighted by molar-refractivity contribution is -0.0500. The van der Waals surface area contributed by atoms with Crippen molar-refractivity contribution in [3.8, 4) is 0 Å². The molecule has 3 unspecified atom stereocenters. The molecule has 2 rings (SSSR count). The summed E-state index contributed by atoms with van der Waals surface area (Å²) in [6.07, 6.45) is 2.31. The van der Waals surface area contributed by atoms with Crippen molar-refractivity contribution in [3.63, 3.8) is 0 Å². The van der Waals surface area contributed by atoms with Crippen LogP contribution >= 0.6 is 0 Å². The molecule has 19 heavy (non-hydrogen) atoms. The zero-order chi connectivity index (χ0) is 13.8. The fourth-order valence-electron chi connectivity index (χ4n) is 2.34. The summed E-state index contributed by atoms with van der Waals surface area (Å²) in [5, 5.41) is 0. The van der Waals surface area contributed by atoms with Gasteiger partial charge < -0.3 is 10.5 Å². The number of halogens is 1. The number of rotatable bonds is 4. The number of morpholine rings is 1. The molecule has 1 aliphatic heterocycles. The molecule has 0 aromatic carbocycles. The monoisotopic (exact) mass is 267 g/mol. The Kier molecular flexibility index (Phi) is 4.85. The molecule has 0 bridgehead atoms. The lowest BCUT2D eigenvalue weighted by atomic mass is 10.1. The predicted molar refractivity (Wildman–Crippen MR) is 72.2 cm³/mol. The van der Waals surface area contributed by atoms with Gasteiger partial charge in [-0.2, -0.15) is 0 Å². The Bertz CT molecular complexity index is 398. The highest BCUT2D eigenvalue weighted by Crippen LogP contribution is 2.16. The number of nitrogens with zero attached hydrogens (tertiary/aromatic N) is 2. The molecule has 106 valence electrons. The van der Waals surface area contributed by atoms with Crippen LogP contribution in [-0.2, 0) is 4.74 Å². The first-order valence-corrected chi connectivity index (χ1v) is 6.79. The van der Waals surface area contributed by atoms with E-state index in [0.29, 0.717) is 6.04 Å². The van der Waals surface area contributed by atoms with Crippen LogP contribution in [0.5, 0.6) is 0 Å². The molecule has 0 spiro atoms. The minimum absolute atomic E-state index is 0.147. The second-order valence-electron chi connectivity index (χ2n) is 5.28. The average Bonchev–Trinajstić information content (AvgIpc) is 2.40. The van der Waals surface area contributed by atoms with Crippen molar-refractivity contribution >= 4 is 0 Å². The maximum absolute atomic E-state index is 12.8. The summed E-state index contributed by atoms with van der Waals surface area (Å²) < 4.78 is 18.4. The largest absolute Gasteiger partial charge is 0.376 e. The summed E-state index contributed by atoms with van der Waals surface area (Å²) in [7, 11) is 0. The van der Waals surface area contributed by atoms with E-state index >= 15 is 0 Å². The maximum Gasteiger partial charge on any atom is 0.141 e. The summed E-state index contributed by atoms with van der Waals surface area (Å²) in [5.41, 5.74) is 6.85. The first kappa shape index (κ1) is 14.4. The molecule has 2 N–H and O–H groups in total. The first-order chi connectivity index (χ1) is 9.06. The van der Waals surface area contributed by atoms with E-state index in [1.54, 1.807) is 6.07 Å². The number of aromatic nitrogens is 1. The minimum atomic E-state index is -0.327. The molecule has 0 amide bonds. The molecule has 5 heteroatoms. The van der Waals surface area contributed by atoms with Gasteiger partial charge in [-0.15, -0.1) is 0 Å². The topological polar surface area (TPSA) is 51.4 Å². The SMILES string of the molecule is CC1CN(CCC(N)c2ccc(F)cn2)C(C)CO1. The number of hydrogen-bond donors (Lipinski definition) is 1. The third-order valence-corrected chi connectivity index (χ3v) is 3.59. The summed E-state index contributed by atoms with van der Waals surface area (Å²) in [6, 6.07) is 3.34. The van der Waals surface area contributed by atoms with Crippen LogP contribution in [0.25, 0.3) is 0 Å². The van der Waals surface area contributed by atoms with Crippen molar-refractivity contribution in [3.05, 3.63) is 29.8 Å². The summed E-state index contributed by atoms with van der Waals surface area (Å²) in [5.74, 6) is -0.327. The summed E-state index contributed by atoms with van der Waals surface area (Å²) >= 11 is 0. The van der Waals surface area contributed by atoms with E-state index in [-0.39, 0.29) is 18.0 Å². The van der Waals surface area contributed by atoms with Crippen molar-refractivity contribution in [2.75, 3.05) is 19.7 Å². The van der Waals surface area contributed by atoms with Crippen molar-refractivity contribution < 1.29 is 9.13 Å². The summed E-state index contributed by atoms with van der Waals surface area (Å²) in [6.45, 7) is 6.86. The zero-order valence-electron chi connectivity index (χ0n) is 11.6. The highest BCUT2D eigenvalue weighted by atomic mass is 19.1. The Morgan fingerprint density at radius 1 is 1.53 bits per heavy atom. The van der Waals surface area contributed by atoms with E-state index in [2.05, 4.69) is 23.7 Å². The van der Waals surface area contributed by atoms with Gasteiger partial charge in [-0.05, 0) is 32.4 Å². The van der Waals surface area contributed by atoms with Crippen LogP contribution in [0, 0.1) is 5.82 Å². The Hall–Kier alpha value is -1.04. The highest BCUT2D eigenvalue weighted by molar-refractivity contribution is 5.09.